The molecule has 14 heteroatoms. The van der Waals surface area contributed by atoms with Crippen LogP contribution in [0.25, 0.3) is 22.2 Å². The summed E-state index contributed by atoms with van der Waals surface area (Å²) in [6, 6.07) is 3.89. The van der Waals surface area contributed by atoms with Crippen LogP contribution in [0.2, 0.25) is 0 Å². The van der Waals surface area contributed by atoms with Crippen LogP contribution in [-0.2, 0) is 12.4 Å². The van der Waals surface area contributed by atoms with E-state index in [1.807, 2.05) is 0 Å². The van der Waals surface area contributed by atoms with E-state index in [-0.39, 0.29) is 22.9 Å². The number of nitrogens with one attached hydrogen (secondary N) is 1. The number of aliphatic hydroxyl groups is 2. The second-order valence-corrected chi connectivity index (χ2v) is 7.27. The smallest absolute Gasteiger partial charge is 0.393 e. The summed E-state index contributed by atoms with van der Waals surface area (Å²) in [4.78, 5) is 11.5. The number of hydrogen-bond acceptors (Lipinski definition) is 8. The Balaban J connectivity index is 1.72. The van der Waals surface area contributed by atoms with Gasteiger partial charge in [0.2, 0.25) is 0 Å². The Hall–Kier alpha value is -3.91. The van der Waals surface area contributed by atoms with E-state index in [0.717, 1.165) is 18.3 Å². The molecule has 0 aromatic carbocycles. The maximum atomic E-state index is 13.7. The number of fused-ring (bicyclic) bond motifs is 1. The summed E-state index contributed by atoms with van der Waals surface area (Å²) in [5.74, 6) is 0.0992. The molecule has 4 rings (SSSR count). The number of alkyl halides is 6. The molecule has 0 amide bonds. The number of rotatable bonds is 5. The fourth-order valence-corrected chi connectivity index (χ4v) is 3.15. The van der Waals surface area contributed by atoms with E-state index < -0.39 is 41.9 Å². The highest BCUT2D eigenvalue weighted by molar-refractivity contribution is 5.93. The fourth-order valence-electron chi connectivity index (χ4n) is 3.15. The van der Waals surface area contributed by atoms with Crippen LogP contribution in [-0.4, -0.2) is 42.0 Å². The van der Waals surface area contributed by atoms with Gasteiger partial charge in [-0.1, -0.05) is 0 Å². The van der Waals surface area contributed by atoms with Crippen molar-refractivity contribution in [1.29, 1.82) is 0 Å². The van der Waals surface area contributed by atoms with Crippen molar-refractivity contribution < 1.29 is 36.6 Å². The molecule has 0 unspecified atom stereocenters. The standard InChI is InChI=1S/C21H14F6N6O2/c22-20(23,24)12-1-2-17(29-7-12)32-19-13-8-28-15(4-10(13)6-31-33-19)18-14(21(25,26)27)3-11(5-30-18)16(35)9-34/h1-8,16,34-35H,9H2,(H,29,32,33)/t16-/m0/s1. The normalized spacial score (nSPS) is 13.1. The number of aromatic nitrogens is 5. The Bertz CT molecular complexity index is 1360. The molecule has 0 saturated carbocycles. The molecule has 4 aromatic rings. The van der Waals surface area contributed by atoms with Gasteiger partial charge >= 0.3 is 12.4 Å². The second-order valence-electron chi connectivity index (χ2n) is 7.27. The van der Waals surface area contributed by atoms with Gasteiger partial charge in [-0.15, -0.1) is 5.10 Å². The molecule has 0 bridgehead atoms. The molecule has 0 aliphatic carbocycles. The van der Waals surface area contributed by atoms with E-state index in [1.54, 1.807) is 0 Å². The van der Waals surface area contributed by atoms with Gasteiger partial charge in [0.15, 0.2) is 5.82 Å². The van der Waals surface area contributed by atoms with Gasteiger partial charge in [-0.25, -0.2) is 4.98 Å². The highest BCUT2D eigenvalue weighted by atomic mass is 19.4. The SMILES string of the molecule is OC[C@H](O)c1cnc(-c2cc3cnnc(Nc4ccc(C(F)(F)F)cn4)c3cn2)c(C(F)(F)F)c1. The maximum Gasteiger partial charge on any atom is 0.418 e. The van der Waals surface area contributed by atoms with Gasteiger partial charge in [-0.3, -0.25) is 9.97 Å². The predicted molar refractivity (Wildman–Crippen MR) is 110 cm³/mol. The quantitative estimate of drug-likeness (QED) is 0.351. The summed E-state index contributed by atoms with van der Waals surface area (Å²) in [5, 5.41) is 29.7. The number of nitrogens with zero attached hydrogens (tertiary/aromatic N) is 5. The monoisotopic (exact) mass is 496 g/mol. The molecule has 0 radical (unpaired) electrons. The van der Waals surface area contributed by atoms with Crippen molar-refractivity contribution in [3.63, 3.8) is 0 Å². The Kier molecular flexibility index (Phi) is 6.25. The van der Waals surface area contributed by atoms with Crippen LogP contribution in [0.3, 0.4) is 0 Å². The largest absolute Gasteiger partial charge is 0.418 e. The lowest BCUT2D eigenvalue weighted by molar-refractivity contribution is -0.138. The van der Waals surface area contributed by atoms with Crippen LogP contribution in [0.5, 0.6) is 0 Å². The van der Waals surface area contributed by atoms with Gasteiger partial charge in [-0.2, -0.15) is 31.4 Å². The molecule has 0 fully saturated rings. The van der Waals surface area contributed by atoms with Crippen LogP contribution in [0.15, 0.2) is 49.1 Å². The molecule has 0 spiro atoms. The van der Waals surface area contributed by atoms with Crippen LogP contribution in [0, 0.1) is 0 Å². The van der Waals surface area contributed by atoms with E-state index in [0.29, 0.717) is 23.0 Å². The zero-order valence-electron chi connectivity index (χ0n) is 17.3. The predicted octanol–water partition coefficient (Wildman–Crippen LogP) is 4.29. The first-order valence-electron chi connectivity index (χ1n) is 9.75. The summed E-state index contributed by atoms with van der Waals surface area (Å²) in [6.45, 7) is -0.783. The van der Waals surface area contributed by atoms with E-state index in [2.05, 4.69) is 30.5 Å². The van der Waals surface area contributed by atoms with Crippen molar-refractivity contribution >= 4 is 22.4 Å². The van der Waals surface area contributed by atoms with E-state index in [4.69, 9.17) is 5.11 Å². The molecule has 3 N–H and O–H groups in total. The lowest BCUT2D eigenvalue weighted by atomic mass is 10.0. The van der Waals surface area contributed by atoms with Crippen LogP contribution < -0.4 is 5.32 Å². The lowest BCUT2D eigenvalue weighted by Gasteiger charge is -2.15. The van der Waals surface area contributed by atoms with Crippen molar-refractivity contribution in [3.8, 4) is 11.4 Å². The minimum absolute atomic E-state index is 0.0305. The minimum atomic E-state index is -4.83. The first kappa shape index (κ1) is 24.2. The third kappa shape index (κ3) is 5.12. The van der Waals surface area contributed by atoms with E-state index in [1.165, 1.54) is 18.5 Å². The lowest BCUT2D eigenvalue weighted by Crippen LogP contribution is -2.12. The summed E-state index contributed by atoms with van der Waals surface area (Å²) < 4.78 is 79.2. The van der Waals surface area contributed by atoms with Crippen molar-refractivity contribution in [2.75, 3.05) is 11.9 Å². The highest BCUT2D eigenvalue weighted by Crippen LogP contribution is 2.37. The van der Waals surface area contributed by atoms with Gasteiger partial charge in [-0.05, 0) is 24.3 Å². The van der Waals surface area contributed by atoms with Gasteiger partial charge in [0, 0.05) is 34.9 Å². The topological polar surface area (TPSA) is 117 Å². The van der Waals surface area contributed by atoms with Crippen molar-refractivity contribution in [1.82, 2.24) is 25.1 Å². The summed E-state index contributed by atoms with van der Waals surface area (Å²) in [6.07, 6.45) is -6.80. The molecule has 8 nitrogen and oxygen atoms in total. The molecule has 35 heavy (non-hydrogen) atoms. The van der Waals surface area contributed by atoms with Crippen molar-refractivity contribution in [2.45, 2.75) is 18.5 Å². The molecule has 4 aromatic heterocycles. The Morgan fingerprint density at radius 2 is 1.66 bits per heavy atom. The number of anilines is 2. The van der Waals surface area contributed by atoms with Crippen LogP contribution in [0.1, 0.15) is 22.8 Å². The van der Waals surface area contributed by atoms with Crippen molar-refractivity contribution in [2.24, 2.45) is 0 Å². The molecule has 0 aliphatic heterocycles. The number of hydrogen-bond donors (Lipinski definition) is 3. The van der Waals surface area contributed by atoms with Gasteiger partial charge < -0.3 is 15.5 Å². The van der Waals surface area contributed by atoms with E-state index in [9.17, 15) is 31.4 Å². The number of halogens is 6. The molecule has 4 heterocycles. The molecule has 1 atom stereocenters. The Morgan fingerprint density at radius 1 is 0.886 bits per heavy atom. The van der Waals surface area contributed by atoms with Crippen molar-refractivity contribution in [3.05, 3.63) is 65.7 Å². The first-order chi connectivity index (χ1) is 16.5. The number of aliphatic hydroxyl groups excluding tert-OH is 2. The zero-order valence-corrected chi connectivity index (χ0v) is 17.3. The summed E-state index contributed by atoms with van der Waals surface area (Å²) >= 11 is 0. The van der Waals surface area contributed by atoms with Gasteiger partial charge in [0.1, 0.15) is 17.6 Å². The Morgan fingerprint density at radius 3 is 2.29 bits per heavy atom. The Labute approximate surface area is 192 Å². The molecular weight excluding hydrogens is 482 g/mol. The molecule has 182 valence electrons. The van der Waals surface area contributed by atoms with Crippen LogP contribution >= 0.6 is 0 Å². The minimum Gasteiger partial charge on any atom is -0.393 e. The summed E-state index contributed by atoms with van der Waals surface area (Å²) in [7, 11) is 0. The number of pyridine rings is 3. The maximum absolute atomic E-state index is 13.7. The first-order valence-corrected chi connectivity index (χ1v) is 9.75. The van der Waals surface area contributed by atoms with Gasteiger partial charge in [0.05, 0.1) is 29.6 Å². The highest BCUT2D eigenvalue weighted by Gasteiger charge is 2.36. The fraction of sp³-hybridized carbons (Fsp3) is 0.190. The van der Waals surface area contributed by atoms with E-state index >= 15 is 0 Å². The third-order valence-electron chi connectivity index (χ3n) is 4.90. The molecule has 0 saturated heterocycles. The molecular formula is C21H14F6N6O2. The zero-order chi connectivity index (χ0) is 25.4. The van der Waals surface area contributed by atoms with Crippen LogP contribution in [0.4, 0.5) is 38.0 Å². The average molecular weight is 496 g/mol. The third-order valence-corrected chi connectivity index (χ3v) is 4.90. The van der Waals surface area contributed by atoms with Gasteiger partial charge in [0.25, 0.3) is 0 Å². The average Bonchev–Trinajstić information content (AvgIpc) is 2.82. The summed E-state index contributed by atoms with van der Waals surface area (Å²) in [5.41, 5.74) is -2.98. The second kappa shape index (κ2) is 9.03. The molecule has 0 aliphatic rings.